The standard InChI is InChI=1S/C9H17NO3S.C8H15NO3S.C6H15NOS.C6H12O/c1-8(2,3)7(11)10-14(12,13)9(4)5-6-9;1-8(2,3)7(10)9-13(11,12)6-4-5-6;1-6(2,3)7-9(4,5)8;1-5(7)6(2,3)4/h5-6H2,1-4H3,(H,10,11);6H,4-5H2,1-3H3,(H,9,10);4H2,1-3,5H3,(H,7,8);1-4H3. The fourth-order valence-electron chi connectivity index (χ4n) is 2.23. The highest BCUT2D eigenvalue weighted by molar-refractivity contribution is 7.97. The number of hydrogen-bond acceptors (Lipinski definition) is 8. The molecule has 43 heavy (non-hydrogen) atoms. The molecular formula is C29H59N3O8S3. The second-order valence-electron chi connectivity index (χ2n) is 15.7. The first-order chi connectivity index (χ1) is 18.5. The zero-order chi connectivity index (χ0) is 35.3. The predicted octanol–water partition coefficient (Wildman–Crippen LogP) is 3.93. The van der Waals surface area contributed by atoms with E-state index in [4.69, 9.17) is 0 Å². The lowest BCUT2D eigenvalue weighted by atomic mass is 9.92. The largest absolute Gasteiger partial charge is 0.299 e. The quantitative estimate of drug-likeness (QED) is 0.368. The predicted molar refractivity (Wildman–Crippen MR) is 178 cm³/mol. The first-order valence-electron chi connectivity index (χ1n) is 14.2. The molecule has 0 spiro atoms. The van der Waals surface area contributed by atoms with E-state index >= 15 is 0 Å². The summed E-state index contributed by atoms with van der Waals surface area (Å²) in [4.78, 5) is 33.3. The van der Waals surface area contributed by atoms with Gasteiger partial charge in [0.2, 0.25) is 31.9 Å². The summed E-state index contributed by atoms with van der Waals surface area (Å²) in [5.74, 6) is 2.85. The van der Waals surface area contributed by atoms with Crippen molar-refractivity contribution in [3.63, 3.8) is 0 Å². The van der Waals surface area contributed by atoms with Crippen LogP contribution in [0.25, 0.3) is 0 Å². The minimum absolute atomic E-state index is 0.104. The summed E-state index contributed by atoms with van der Waals surface area (Å²) in [5.41, 5.74) is -1.56. The van der Waals surface area contributed by atoms with E-state index in [1.165, 1.54) is 0 Å². The lowest BCUT2D eigenvalue weighted by molar-refractivity contribution is -0.127. The highest BCUT2D eigenvalue weighted by Gasteiger charge is 2.51. The van der Waals surface area contributed by atoms with Crippen molar-refractivity contribution in [3.8, 4) is 0 Å². The van der Waals surface area contributed by atoms with Crippen molar-refractivity contribution < 1.29 is 35.4 Å². The third-order valence-electron chi connectivity index (χ3n) is 5.97. The fraction of sp³-hybridized carbons (Fsp3) is 0.862. The van der Waals surface area contributed by atoms with Gasteiger partial charge in [0.15, 0.2) is 0 Å². The van der Waals surface area contributed by atoms with E-state index in [9.17, 15) is 35.4 Å². The molecule has 256 valence electrons. The van der Waals surface area contributed by atoms with E-state index in [1.54, 1.807) is 61.6 Å². The normalized spacial score (nSPS) is 18.0. The maximum Gasteiger partial charge on any atom is 0.240 e. The Hall–Kier alpha value is -1.51. The van der Waals surface area contributed by atoms with Gasteiger partial charge < -0.3 is 0 Å². The van der Waals surface area contributed by atoms with E-state index in [1.807, 2.05) is 41.5 Å². The molecular weight excluding hydrogens is 615 g/mol. The summed E-state index contributed by atoms with van der Waals surface area (Å²) >= 11 is 0. The molecule has 2 aliphatic carbocycles. The molecule has 2 fully saturated rings. The van der Waals surface area contributed by atoms with E-state index in [2.05, 4.69) is 20.0 Å². The van der Waals surface area contributed by atoms with Gasteiger partial charge in [-0.25, -0.2) is 21.6 Å². The molecule has 2 amide bonds. The van der Waals surface area contributed by atoms with Crippen molar-refractivity contribution in [3.05, 3.63) is 0 Å². The molecule has 0 bridgehead atoms. The van der Waals surface area contributed by atoms with Gasteiger partial charge in [0.25, 0.3) is 0 Å². The van der Waals surface area contributed by atoms with Crippen LogP contribution in [0.5, 0.6) is 0 Å². The molecule has 0 saturated heterocycles. The summed E-state index contributed by atoms with van der Waals surface area (Å²) in [6, 6.07) is 0. The van der Waals surface area contributed by atoms with Gasteiger partial charge in [-0.15, -0.1) is 0 Å². The third kappa shape index (κ3) is 19.5. The Morgan fingerprint density at radius 1 is 0.698 bits per heavy atom. The van der Waals surface area contributed by atoms with Crippen molar-refractivity contribution in [2.24, 2.45) is 16.2 Å². The van der Waals surface area contributed by atoms with Gasteiger partial charge in [-0.05, 0) is 66.2 Å². The first kappa shape index (κ1) is 43.6. The Labute approximate surface area is 262 Å². The SMILES string of the molecule is C=S(C)(=O)NC(C)(C)C.CC(=O)C(C)(C)C.CC(C)(C)C(=O)NS(=O)(=O)C1(C)CC1.CC(C)(C)C(=O)NS(=O)(=O)C1CC1. The first-order valence-corrected chi connectivity index (χ1v) is 19.4. The summed E-state index contributed by atoms with van der Waals surface area (Å²) in [7, 11) is -8.87. The Morgan fingerprint density at radius 3 is 1.21 bits per heavy atom. The van der Waals surface area contributed by atoms with Crippen LogP contribution in [0.3, 0.4) is 0 Å². The number of amides is 2. The maximum absolute atomic E-state index is 11.6. The zero-order valence-corrected chi connectivity index (χ0v) is 31.6. The Kier molecular flexibility index (Phi) is 14.9. The van der Waals surface area contributed by atoms with Gasteiger partial charge in [0, 0.05) is 37.7 Å². The van der Waals surface area contributed by atoms with Gasteiger partial charge in [-0.2, -0.15) is 0 Å². The number of Topliss-reactive ketones (excluding diaryl/α,β-unsaturated/α-hetero) is 1. The van der Waals surface area contributed by atoms with Crippen molar-refractivity contribution in [1.82, 2.24) is 14.2 Å². The molecule has 2 aliphatic rings. The molecule has 3 N–H and O–H groups in total. The molecule has 0 radical (unpaired) electrons. The number of ketones is 1. The molecule has 0 aliphatic heterocycles. The summed E-state index contributed by atoms with van der Waals surface area (Å²) in [5, 5.41) is -0.334. The van der Waals surface area contributed by atoms with E-state index in [-0.39, 0.29) is 22.0 Å². The summed E-state index contributed by atoms with van der Waals surface area (Å²) < 4.78 is 63.3. The van der Waals surface area contributed by atoms with Gasteiger partial charge in [0.1, 0.15) is 5.78 Å². The minimum Gasteiger partial charge on any atom is -0.299 e. The van der Waals surface area contributed by atoms with E-state index < -0.39 is 57.1 Å². The maximum atomic E-state index is 11.6. The van der Waals surface area contributed by atoms with E-state index in [0.29, 0.717) is 25.7 Å². The molecule has 11 nitrogen and oxygen atoms in total. The number of hydrogen-bond donors (Lipinski definition) is 3. The Morgan fingerprint density at radius 2 is 1.02 bits per heavy atom. The van der Waals surface area contributed by atoms with Crippen LogP contribution in [-0.2, 0) is 44.1 Å². The molecule has 2 rings (SSSR count). The van der Waals surface area contributed by atoms with Gasteiger partial charge >= 0.3 is 0 Å². The highest BCUT2D eigenvalue weighted by Crippen LogP contribution is 2.42. The summed E-state index contributed by atoms with van der Waals surface area (Å²) in [6.07, 6.45) is 4.22. The fourth-order valence-corrected chi connectivity index (χ4v) is 6.45. The number of sulfonamides is 2. The molecule has 1 unspecified atom stereocenters. The zero-order valence-electron chi connectivity index (χ0n) is 29.1. The number of nitrogens with one attached hydrogen (secondary N) is 3. The van der Waals surface area contributed by atoms with Crippen LogP contribution < -0.4 is 14.2 Å². The van der Waals surface area contributed by atoms with Crippen LogP contribution in [-0.4, -0.2) is 66.3 Å². The van der Waals surface area contributed by atoms with Crippen molar-refractivity contribution in [2.75, 3.05) is 6.26 Å². The monoisotopic (exact) mass is 673 g/mol. The van der Waals surface area contributed by atoms with Crippen LogP contribution in [0.2, 0.25) is 0 Å². The second kappa shape index (κ2) is 14.7. The Balaban J connectivity index is 0. The van der Waals surface area contributed by atoms with Gasteiger partial charge in [-0.1, -0.05) is 62.3 Å². The molecule has 0 heterocycles. The second-order valence-corrected chi connectivity index (χ2v) is 22.1. The minimum atomic E-state index is -3.47. The lowest BCUT2D eigenvalue weighted by Gasteiger charge is -2.20. The van der Waals surface area contributed by atoms with Gasteiger partial charge in [0.05, 0.1) is 10.00 Å². The average molecular weight is 674 g/mol. The van der Waals surface area contributed by atoms with Crippen LogP contribution in [0, 0.1) is 16.2 Å². The van der Waals surface area contributed by atoms with Crippen molar-refractivity contribution >= 4 is 53.2 Å². The van der Waals surface area contributed by atoms with Crippen LogP contribution in [0.4, 0.5) is 0 Å². The smallest absolute Gasteiger partial charge is 0.240 e. The molecule has 2 saturated carbocycles. The number of carbonyl (C=O) groups excluding carboxylic acids is 3. The Bertz CT molecular complexity index is 1300. The van der Waals surface area contributed by atoms with E-state index in [0.717, 1.165) is 0 Å². The third-order valence-corrected chi connectivity index (χ3v) is 11.0. The molecule has 0 aromatic heterocycles. The topological polar surface area (TPSA) is 173 Å². The van der Waals surface area contributed by atoms with Crippen molar-refractivity contribution in [1.29, 1.82) is 0 Å². The molecule has 1 atom stereocenters. The van der Waals surface area contributed by atoms with Crippen LogP contribution >= 0.6 is 0 Å². The molecule has 0 aromatic carbocycles. The number of carbonyl (C=O) groups is 3. The molecule has 14 heteroatoms. The highest BCUT2D eigenvalue weighted by atomic mass is 32.2. The van der Waals surface area contributed by atoms with Crippen LogP contribution in [0.15, 0.2) is 0 Å². The van der Waals surface area contributed by atoms with Gasteiger partial charge in [-0.3, -0.25) is 28.0 Å². The summed E-state index contributed by atoms with van der Waals surface area (Å²) in [6.45, 7) is 25.0. The molecule has 0 aromatic rings. The number of rotatable bonds is 5. The van der Waals surface area contributed by atoms with Crippen molar-refractivity contribution in [2.45, 2.75) is 138 Å². The van der Waals surface area contributed by atoms with Crippen LogP contribution in [0.1, 0.15) is 123 Å². The lowest BCUT2D eigenvalue weighted by Crippen LogP contribution is -2.43. The average Bonchev–Trinajstić information content (AvgIpc) is 3.59.